The predicted molar refractivity (Wildman–Crippen MR) is 85.0 cm³/mol. The van der Waals surface area contributed by atoms with Crippen molar-refractivity contribution >= 4 is 16.9 Å². The Kier molecular flexibility index (Phi) is 4.12. The summed E-state index contributed by atoms with van der Waals surface area (Å²) in [6, 6.07) is 10.2. The lowest BCUT2D eigenvalue weighted by molar-refractivity contribution is 0.0601. The van der Waals surface area contributed by atoms with Gasteiger partial charge in [-0.15, -0.1) is 0 Å². The zero-order valence-electron chi connectivity index (χ0n) is 13.0. The molecule has 2 aromatic carbocycles. The van der Waals surface area contributed by atoms with Gasteiger partial charge >= 0.3 is 5.97 Å². The van der Waals surface area contributed by atoms with E-state index in [2.05, 4.69) is 9.72 Å². The number of pyridine rings is 1. The summed E-state index contributed by atoms with van der Waals surface area (Å²) < 4.78 is 38.6. The van der Waals surface area contributed by atoms with Crippen molar-refractivity contribution in [1.29, 1.82) is 0 Å². The summed E-state index contributed by atoms with van der Waals surface area (Å²) >= 11 is 0. The quantitative estimate of drug-likeness (QED) is 0.682. The van der Waals surface area contributed by atoms with Crippen LogP contribution in [0, 0.1) is 11.6 Å². The highest BCUT2D eigenvalue weighted by atomic mass is 19.1. The lowest BCUT2D eigenvalue weighted by Gasteiger charge is -2.12. The first-order valence-electron chi connectivity index (χ1n) is 7.07. The van der Waals surface area contributed by atoms with Crippen LogP contribution in [0.5, 0.6) is 5.75 Å². The average Bonchev–Trinajstić information content (AvgIpc) is 2.61. The van der Waals surface area contributed by atoms with Crippen molar-refractivity contribution in [2.45, 2.75) is 0 Å². The van der Waals surface area contributed by atoms with E-state index in [9.17, 15) is 13.6 Å². The van der Waals surface area contributed by atoms with E-state index in [1.807, 2.05) is 0 Å². The molecule has 0 bridgehead atoms. The number of hydrogen-bond donors (Lipinski definition) is 0. The molecule has 0 saturated carbocycles. The zero-order chi connectivity index (χ0) is 17.3. The van der Waals surface area contributed by atoms with Gasteiger partial charge in [0.2, 0.25) is 0 Å². The van der Waals surface area contributed by atoms with Crippen LogP contribution in [0.25, 0.3) is 22.2 Å². The molecule has 0 spiro atoms. The Balaban J connectivity index is 2.32. The number of fused-ring (bicyclic) bond motifs is 1. The Morgan fingerprint density at radius 1 is 1.08 bits per heavy atom. The molecule has 3 aromatic rings. The maximum absolute atomic E-state index is 14.7. The minimum absolute atomic E-state index is 0.0127. The van der Waals surface area contributed by atoms with Crippen molar-refractivity contribution in [3.05, 3.63) is 59.7 Å². The number of esters is 1. The molecule has 0 N–H and O–H groups in total. The number of nitrogens with zero attached hydrogens (tertiary/aromatic N) is 1. The molecule has 1 heterocycles. The van der Waals surface area contributed by atoms with Gasteiger partial charge in [-0.2, -0.15) is 0 Å². The van der Waals surface area contributed by atoms with Gasteiger partial charge in [0.1, 0.15) is 11.5 Å². The van der Waals surface area contributed by atoms with Gasteiger partial charge in [0.25, 0.3) is 0 Å². The second-order valence-electron chi connectivity index (χ2n) is 5.01. The molecule has 1 aromatic heterocycles. The molecule has 0 aliphatic heterocycles. The molecular weight excluding hydrogens is 316 g/mol. The van der Waals surface area contributed by atoms with E-state index in [0.717, 1.165) is 0 Å². The lowest BCUT2D eigenvalue weighted by atomic mass is 10.1. The van der Waals surface area contributed by atoms with Crippen LogP contribution >= 0.6 is 0 Å². The van der Waals surface area contributed by atoms with Crippen molar-refractivity contribution < 1.29 is 23.0 Å². The van der Waals surface area contributed by atoms with Gasteiger partial charge in [0, 0.05) is 10.9 Å². The normalized spacial score (nSPS) is 10.7. The summed E-state index contributed by atoms with van der Waals surface area (Å²) in [4.78, 5) is 15.9. The molecule has 122 valence electrons. The first-order chi connectivity index (χ1) is 11.6. The Morgan fingerprint density at radius 3 is 2.50 bits per heavy atom. The predicted octanol–water partition coefficient (Wildman–Crippen LogP) is 3.98. The molecule has 0 fully saturated rings. The minimum atomic E-state index is -0.763. The molecular formula is C18H13F2NO3. The monoisotopic (exact) mass is 329 g/mol. The number of hydrogen-bond acceptors (Lipinski definition) is 4. The van der Waals surface area contributed by atoms with Gasteiger partial charge in [-0.1, -0.05) is 12.1 Å². The van der Waals surface area contributed by atoms with E-state index in [1.165, 1.54) is 50.6 Å². The third-order valence-electron chi connectivity index (χ3n) is 3.64. The standard InChI is InChI=1S/C18H13F2NO3/c1-23-17-12-8-7-10(18(22)24-2)9-14(12)21-16(15(17)20)11-5-3-4-6-13(11)19/h3-9H,1-2H3. The van der Waals surface area contributed by atoms with Gasteiger partial charge in [0.15, 0.2) is 11.6 Å². The third-order valence-corrected chi connectivity index (χ3v) is 3.64. The van der Waals surface area contributed by atoms with Crippen molar-refractivity contribution in [3.63, 3.8) is 0 Å². The van der Waals surface area contributed by atoms with Gasteiger partial charge < -0.3 is 9.47 Å². The summed E-state index contributed by atoms with van der Waals surface area (Å²) in [6.07, 6.45) is 0. The van der Waals surface area contributed by atoms with E-state index in [1.54, 1.807) is 6.07 Å². The smallest absolute Gasteiger partial charge is 0.337 e. The highest BCUT2D eigenvalue weighted by molar-refractivity contribution is 5.96. The SMILES string of the molecule is COC(=O)c1ccc2c(OC)c(F)c(-c3ccccc3F)nc2c1. The zero-order valence-corrected chi connectivity index (χ0v) is 13.0. The first-order valence-corrected chi connectivity index (χ1v) is 7.07. The van der Waals surface area contributed by atoms with Crippen LogP contribution in [-0.2, 0) is 4.74 Å². The fourth-order valence-electron chi connectivity index (χ4n) is 2.49. The average molecular weight is 329 g/mol. The molecule has 0 saturated heterocycles. The minimum Gasteiger partial charge on any atom is -0.493 e. The largest absolute Gasteiger partial charge is 0.493 e. The molecule has 6 heteroatoms. The Labute approximate surface area is 136 Å². The van der Waals surface area contributed by atoms with Crippen molar-refractivity contribution in [3.8, 4) is 17.0 Å². The van der Waals surface area contributed by atoms with E-state index in [0.29, 0.717) is 10.9 Å². The van der Waals surface area contributed by atoms with Crippen LogP contribution in [0.4, 0.5) is 8.78 Å². The Hall–Kier alpha value is -3.02. The van der Waals surface area contributed by atoms with Crippen molar-refractivity contribution in [1.82, 2.24) is 4.98 Å². The van der Waals surface area contributed by atoms with E-state index in [-0.39, 0.29) is 22.6 Å². The van der Waals surface area contributed by atoms with E-state index in [4.69, 9.17) is 4.74 Å². The summed E-state index contributed by atoms with van der Waals surface area (Å²) in [5.41, 5.74) is 0.387. The number of methoxy groups -OCH3 is 2. The summed E-state index contributed by atoms with van der Waals surface area (Å²) in [5.74, 6) is -1.97. The van der Waals surface area contributed by atoms with Crippen LogP contribution < -0.4 is 4.74 Å². The van der Waals surface area contributed by atoms with Crippen molar-refractivity contribution in [2.24, 2.45) is 0 Å². The summed E-state index contributed by atoms with van der Waals surface area (Å²) in [5, 5.41) is 0.378. The van der Waals surface area contributed by atoms with Crippen LogP contribution in [0.3, 0.4) is 0 Å². The molecule has 0 amide bonds. The molecule has 0 atom stereocenters. The van der Waals surface area contributed by atoms with Crippen molar-refractivity contribution in [2.75, 3.05) is 14.2 Å². The number of aromatic nitrogens is 1. The Morgan fingerprint density at radius 2 is 1.83 bits per heavy atom. The molecule has 3 rings (SSSR count). The van der Waals surface area contributed by atoms with Gasteiger partial charge in [-0.3, -0.25) is 0 Å². The number of carbonyl (C=O) groups is 1. The van der Waals surface area contributed by atoms with Crippen LogP contribution in [0.2, 0.25) is 0 Å². The highest BCUT2D eigenvalue weighted by Crippen LogP contribution is 2.35. The van der Waals surface area contributed by atoms with Gasteiger partial charge in [-0.05, 0) is 30.3 Å². The first kappa shape index (κ1) is 15.9. The highest BCUT2D eigenvalue weighted by Gasteiger charge is 2.20. The number of benzene rings is 2. The topological polar surface area (TPSA) is 48.4 Å². The maximum Gasteiger partial charge on any atom is 0.337 e. The number of carbonyl (C=O) groups excluding carboxylic acids is 1. The number of halogens is 2. The molecule has 0 radical (unpaired) electrons. The van der Waals surface area contributed by atoms with Crippen LogP contribution in [-0.4, -0.2) is 25.2 Å². The lowest BCUT2D eigenvalue weighted by Crippen LogP contribution is -2.03. The fraction of sp³-hybridized carbons (Fsp3) is 0.111. The molecule has 0 aliphatic rings. The van der Waals surface area contributed by atoms with E-state index >= 15 is 0 Å². The third kappa shape index (κ3) is 2.56. The second-order valence-corrected chi connectivity index (χ2v) is 5.01. The number of ether oxygens (including phenoxy) is 2. The maximum atomic E-state index is 14.7. The Bertz CT molecular complexity index is 941. The van der Waals surface area contributed by atoms with Gasteiger partial charge in [-0.25, -0.2) is 18.6 Å². The van der Waals surface area contributed by atoms with E-state index < -0.39 is 17.6 Å². The number of rotatable bonds is 3. The molecule has 0 aliphatic carbocycles. The summed E-state index contributed by atoms with van der Waals surface area (Å²) in [6.45, 7) is 0. The summed E-state index contributed by atoms with van der Waals surface area (Å²) in [7, 11) is 2.58. The molecule has 0 unspecified atom stereocenters. The van der Waals surface area contributed by atoms with Crippen LogP contribution in [0.1, 0.15) is 10.4 Å². The molecule has 24 heavy (non-hydrogen) atoms. The molecule has 4 nitrogen and oxygen atoms in total. The van der Waals surface area contributed by atoms with Gasteiger partial charge in [0.05, 0.1) is 25.3 Å². The fourth-order valence-corrected chi connectivity index (χ4v) is 2.49. The second kappa shape index (κ2) is 6.23. The van der Waals surface area contributed by atoms with Crippen LogP contribution in [0.15, 0.2) is 42.5 Å².